The van der Waals surface area contributed by atoms with Crippen molar-refractivity contribution < 1.29 is 9.53 Å². The predicted molar refractivity (Wildman–Crippen MR) is 104 cm³/mol. The van der Waals surface area contributed by atoms with Crippen LogP contribution in [0.4, 0.5) is 0 Å². The maximum Gasteiger partial charge on any atom is 0.245 e. The average Bonchev–Trinajstić information content (AvgIpc) is 3.41. The fourth-order valence-electron chi connectivity index (χ4n) is 3.68. The van der Waals surface area contributed by atoms with E-state index in [4.69, 9.17) is 15.0 Å². The maximum atomic E-state index is 11.9. The molecule has 3 aromatic rings. The number of aromatic nitrogens is 6. The van der Waals surface area contributed by atoms with Crippen LogP contribution in [-0.2, 0) is 18.4 Å². The van der Waals surface area contributed by atoms with Gasteiger partial charge in [0.25, 0.3) is 0 Å². The Labute approximate surface area is 167 Å². The summed E-state index contributed by atoms with van der Waals surface area (Å²) < 4.78 is 9.91. The first-order valence-corrected chi connectivity index (χ1v) is 9.55. The molecule has 1 aliphatic rings. The van der Waals surface area contributed by atoms with Crippen LogP contribution in [0, 0.1) is 18.3 Å². The minimum Gasteiger partial charge on any atom is -0.471 e. The second-order valence-corrected chi connectivity index (χ2v) is 7.01. The van der Waals surface area contributed by atoms with Crippen LogP contribution >= 0.6 is 0 Å². The minimum absolute atomic E-state index is 0.112. The molecule has 10 heteroatoms. The standard InChI is InChI=1S/C19H22N8O2/c1-4-27-12(2)14(9-23-27)17-24-16-18(25(17)3)21-11-22-19(16)29-13-6-8-26(10-13)15(28)5-7-20/h9,11,13H,4-6,8,10H2,1-3H3. The van der Waals surface area contributed by atoms with Crippen LogP contribution < -0.4 is 4.74 Å². The number of rotatable bonds is 5. The molecule has 0 spiro atoms. The topological polar surface area (TPSA) is 115 Å². The van der Waals surface area contributed by atoms with E-state index < -0.39 is 0 Å². The molecule has 1 aliphatic heterocycles. The molecule has 4 rings (SSSR count). The number of amides is 1. The second kappa shape index (κ2) is 7.50. The zero-order valence-electron chi connectivity index (χ0n) is 16.7. The number of aryl methyl sites for hydroxylation is 2. The normalized spacial score (nSPS) is 16.3. The highest BCUT2D eigenvalue weighted by Crippen LogP contribution is 2.29. The summed E-state index contributed by atoms with van der Waals surface area (Å²) in [6, 6.07) is 1.90. The fourth-order valence-corrected chi connectivity index (χ4v) is 3.68. The summed E-state index contributed by atoms with van der Waals surface area (Å²) in [4.78, 5) is 27.0. The first-order chi connectivity index (χ1) is 14.0. The van der Waals surface area contributed by atoms with E-state index in [1.165, 1.54) is 6.33 Å². The SMILES string of the molecule is CCn1ncc(-c2nc3c(OC4CCN(C(=O)CC#N)C4)ncnc3n2C)c1C. The molecule has 0 bridgehead atoms. The fraction of sp³-hybridized carbons (Fsp3) is 0.474. The van der Waals surface area contributed by atoms with E-state index in [1.54, 1.807) is 4.90 Å². The molecule has 150 valence electrons. The van der Waals surface area contributed by atoms with Gasteiger partial charge in [-0.3, -0.25) is 9.48 Å². The molecule has 0 aliphatic carbocycles. The monoisotopic (exact) mass is 394 g/mol. The molecular formula is C19H22N8O2. The van der Waals surface area contributed by atoms with Gasteiger partial charge in [-0.25, -0.2) is 9.97 Å². The van der Waals surface area contributed by atoms with Crippen molar-refractivity contribution in [3.05, 3.63) is 18.2 Å². The molecule has 1 fully saturated rings. The van der Waals surface area contributed by atoms with E-state index in [0.717, 1.165) is 23.6 Å². The van der Waals surface area contributed by atoms with Crippen molar-refractivity contribution in [1.29, 1.82) is 5.26 Å². The molecule has 4 heterocycles. The average molecular weight is 394 g/mol. The molecule has 0 aromatic carbocycles. The summed E-state index contributed by atoms with van der Waals surface area (Å²) in [5, 5.41) is 13.1. The van der Waals surface area contributed by atoms with Gasteiger partial charge in [0.15, 0.2) is 11.2 Å². The van der Waals surface area contributed by atoms with Gasteiger partial charge in [0.2, 0.25) is 11.8 Å². The van der Waals surface area contributed by atoms with Gasteiger partial charge >= 0.3 is 0 Å². The molecule has 10 nitrogen and oxygen atoms in total. The van der Waals surface area contributed by atoms with E-state index in [0.29, 0.717) is 36.6 Å². The summed E-state index contributed by atoms with van der Waals surface area (Å²) in [7, 11) is 1.90. The summed E-state index contributed by atoms with van der Waals surface area (Å²) in [6.45, 7) is 5.85. The van der Waals surface area contributed by atoms with E-state index in [-0.39, 0.29) is 18.4 Å². The molecule has 1 saturated heterocycles. The molecule has 0 N–H and O–H groups in total. The number of nitrogens with zero attached hydrogens (tertiary/aromatic N) is 8. The van der Waals surface area contributed by atoms with Crippen molar-refractivity contribution in [2.24, 2.45) is 7.05 Å². The molecule has 0 radical (unpaired) electrons. The third-order valence-corrected chi connectivity index (χ3v) is 5.27. The molecule has 1 atom stereocenters. The van der Waals surface area contributed by atoms with E-state index in [2.05, 4.69) is 15.1 Å². The Kier molecular flexibility index (Phi) is 4.88. The van der Waals surface area contributed by atoms with Gasteiger partial charge in [0.05, 0.1) is 24.4 Å². The predicted octanol–water partition coefficient (Wildman–Crippen LogP) is 1.45. The molecule has 0 saturated carbocycles. The van der Waals surface area contributed by atoms with E-state index >= 15 is 0 Å². The van der Waals surface area contributed by atoms with Gasteiger partial charge in [-0.2, -0.15) is 15.3 Å². The Balaban J connectivity index is 1.63. The third kappa shape index (κ3) is 3.29. The van der Waals surface area contributed by atoms with Gasteiger partial charge in [-0.15, -0.1) is 0 Å². The summed E-state index contributed by atoms with van der Waals surface area (Å²) >= 11 is 0. The number of hydrogen-bond donors (Lipinski definition) is 0. The Morgan fingerprint density at radius 3 is 2.97 bits per heavy atom. The Morgan fingerprint density at radius 2 is 2.24 bits per heavy atom. The third-order valence-electron chi connectivity index (χ3n) is 5.27. The first kappa shape index (κ1) is 18.9. The van der Waals surface area contributed by atoms with Crippen molar-refractivity contribution in [1.82, 2.24) is 34.2 Å². The van der Waals surface area contributed by atoms with Gasteiger partial charge in [-0.1, -0.05) is 0 Å². The van der Waals surface area contributed by atoms with Crippen molar-refractivity contribution in [2.75, 3.05) is 13.1 Å². The number of hydrogen-bond acceptors (Lipinski definition) is 7. The van der Waals surface area contributed by atoms with Gasteiger partial charge in [-0.05, 0) is 13.8 Å². The highest BCUT2D eigenvalue weighted by atomic mass is 16.5. The number of likely N-dealkylation sites (tertiary alicyclic amines) is 1. The van der Waals surface area contributed by atoms with Gasteiger partial charge < -0.3 is 14.2 Å². The van der Waals surface area contributed by atoms with Crippen LogP contribution in [0.5, 0.6) is 5.88 Å². The van der Waals surface area contributed by atoms with Crippen LogP contribution in [-0.4, -0.2) is 59.3 Å². The lowest BCUT2D eigenvalue weighted by Gasteiger charge is -2.15. The van der Waals surface area contributed by atoms with Crippen LogP contribution in [0.15, 0.2) is 12.5 Å². The molecule has 29 heavy (non-hydrogen) atoms. The zero-order valence-corrected chi connectivity index (χ0v) is 16.7. The number of fused-ring (bicyclic) bond motifs is 1. The van der Waals surface area contributed by atoms with Crippen LogP contribution in [0.1, 0.15) is 25.5 Å². The van der Waals surface area contributed by atoms with Crippen molar-refractivity contribution in [2.45, 2.75) is 39.3 Å². The lowest BCUT2D eigenvalue weighted by atomic mass is 10.2. The van der Waals surface area contributed by atoms with Crippen LogP contribution in [0.2, 0.25) is 0 Å². The number of nitriles is 1. The Hall–Kier alpha value is -3.48. The van der Waals surface area contributed by atoms with E-state index in [9.17, 15) is 4.79 Å². The van der Waals surface area contributed by atoms with Crippen molar-refractivity contribution >= 4 is 17.1 Å². The molecular weight excluding hydrogens is 372 g/mol. The summed E-state index contributed by atoms with van der Waals surface area (Å²) in [5.74, 6) is 0.978. The minimum atomic E-state index is -0.189. The Morgan fingerprint density at radius 1 is 1.41 bits per heavy atom. The summed E-state index contributed by atoms with van der Waals surface area (Å²) in [5.41, 5.74) is 3.22. The number of carbonyl (C=O) groups excluding carboxylic acids is 1. The number of ether oxygens (including phenoxy) is 1. The summed E-state index contributed by atoms with van der Waals surface area (Å²) in [6.07, 6.45) is 3.65. The number of imidazole rings is 1. The smallest absolute Gasteiger partial charge is 0.245 e. The zero-order chi connectivity index (χ0) is 20.5. The quantitative estimate of drug-likeness (QED) is 0.643. The highest BCUT2D eigenvalue weighted by molar-refractivity contribution is 5.81. The van der Waals surface area contributed by atoms with Crippen molar-refractivity contribution in [3.63, 3.8) is 0 Å². The van der Waals surface area contributed by atoms with Crippen molar-refractivity contribution in [3.8, 4) is 23.3 Å². The lowest BCUT2D eigenvalue weighted by molar-refractivity contribution is -0.129. The lowest BCUT2D eigenvalue weighted by Crippen LogP contribution is -2.30. The molecule has 3 aromatic heterocycles. The van der Waals surface area contributed by atoms with Gasteiger partial charge in [0.1, 0.15) is 24.7 Å². The number of carbonyl (C=O) groups is 1. The first-order valence-electron chi connectivity index (χ1n) is 9.55. The van der Waals surface area contributed by atoms with Gasteiger partial charge in [0, 0.05) is 32.3 Å². The largest absolute Gasteiger partial charge is 0.471 e. The molecule has 1 unspecified atom stereocenters. The highest BCUT2D eigenvalue weighted by Gasteiger charge is 2.29. The molecule has 1 amide bonds. The van der Waals surface area contributed by atoms with Crippen LogP contribution in [0.25, 0.3) is 22.6 Å². The second-order valence-electron chi connectivity index (χ2n) is 7.01. The Bertz CT molecular complexity index is 1110. The van der Waals surface area contributed by atoms with E-state index in [1.807, 2.05) is 42.4 Å². The van der Waals surface area contributed by atoms with Crippen LogP contribution in [0.3, 0.4) is 0 Å². The maximum absolute atomic E-state index is 11.9.